The van der Waals surface area contributed by atoms with Crippen molar-refractivity contribution in [2.24, 2.45) is 5.73 Å². The summed E-state index contributed by atoms with van der Waals surface area (Å²) in [5, 5.41) is 7.28. The molecule has 0 aliphatic carbocycles. The van der Waals surface area contributed by atoms with Crippen LogP contribution in [0, 0.1) is 0 Å². The summed E-state index contributed by atoms with van der Waals surface area (Å²) in [7, 11) is 0. The van der Waals surface area contributed by atoms with Crippen LogP contribution in [0.4, 0.5) is 10.6 Å². The zero-order valence-electron chi connectivity index (χ0n) is 15.0. The van der Waals surface area contributed by atoms with E-state index in [0.717, 1.165) is 27.5 Å². The van der Waals surface area contributed by atoms with Gasteiger partial charge in [0.2, 0.25) is 5.91 Å². The van der Waals surface area contributed by atoms with Crippen LogP contribution in [-0.4, -0.2) is 28.5 Å². The molecule has 1 aromatic carbocycles. The molecule has 0 atom stereocenters. The second kappa shape index (κ2) is 8.27. The zero-order valence-corrected chi connectivity index (χ0v) is 15.0. The fourth-order valence-corrected chi connectivity index (χ4v) is 2.95. The summed E-state index contributed by atoms with van der Waals surface area (Å²) in [5.74, 6) is 0.111. The SMILES string of the molecule is CCNC(=O)Nc1cc2c(-c3ccncc3)ccc(CCC(N)=O)c2cn1. The topological polar surface area (TPSA) is 110 Å². The Kier molecular flexibility index (Phi) is 5.61. The number of hydrogen-bond donors (Lipinski definition) is 3. The van der Waals surface area contributed by atoms with Crippen LogP contribution >= 0.6 is 0 Å². The van der Waals surface area contributed by atoms with Crippen LogP contribution in [-0.2, 0) is 11.2 Å². The molecule has 0 radical (unpaired) electrons. The maximum absolute atomic E-state index is 11.8. The third-order valence-electron chi connectivity index (χ3n) is 4.20. The Hall–Kier alpha value is -3.48. The molecule has 7 heteroatoms. The van der Waals surface area contributed by atoms with E-state index < -0.39 is 0 Å². The minimum atomic E-state index is -0.344. The summed E-state index contributed by atoms with van der Waals surface area (Å²) in [6.07, 6.45) is 5.99. The van der Waals surface area contributed by atoms with Crippen LogP contribution in [0.3, 0.4) is 0 Å². The van der Waals surface area contributed by atoms with Gasteiger partial charge in [-0.05, 0) is 53.6 Å². The number of nitrogens with two attached hydrogens (primary N) is 1. The molecule has 3 rings (SSSR count). The third kappa shape index (κ3) is 4.38. The summed E-state index contributed by atoms with van der Waals surface area (Å²) < 4.78 is 0. The minimum Gasteiger partial charge on any atom is -0.370 e. The first-order valence-corrected chi connectivity index (χ1v) is 8.73. The Morgan fingerprint density at radius 2 is 1.89 bits per heavy atom. The molecule has 138 valence electrons. The maximum atomic E-state index is 11.8. The van der Waals surface area contributed by atoms with Crippen molar-refractivity contribution in [2.75, 3.05) is 11.9 Å². The van der Waals surface area contributed by atoms with Crippen LogP contribution in [0.15, 0.2) is 48.9 Å². The molecule has 0 bridgehead atoms. The largest absolute Gasteiger partial charge is 0.370 e. The highest BCUT2D eigenvalue weighted by molar-refractivity contribution is 6.01. The number of urea groups is 1. The standard InChI is InChI=1S/C20H21N5O2/c1-2-23-20(27)25-19-11-16-15(14-7-9-22-10-8-14)5-3-13(4-6-18(21)26)17(16)12-24-19/h3,5,7-12H,2,4,6H2,1H3,(H2,21,26)(H2,23,24,25,27). The van der Waals surface area contributed by atoms with Crippen molar-refractivity contribution < 1.29 is 9.59 Å². The molecule has 4 N–H and O–H groups in total. The van der Waals surface area contributed by atoms with Crippen LogP contribution in [0.2, 0.25) is 0 Å². The Bertz CT molecular complexity index is 973. The van der Waals surface area contributed by atoms with Crippen molar-refractivity contribution in [3.05, 3.63) is 54.5 Å². The van der Waals surface area contributed by atoms with Crippen LogP contribution in [0.25, 0.3) is 21.9 Å². The van der Waals surface area contributed by atoms with Crippen molar-refractivity contribution in [1.82, 2.24) is 15.3 Å². The number of aromatic nitrogens is 2. The van der Waals surface area contributed by atoms with E-state index in [2.05, 4.69) is 20.6 Å². The highest BCUT2D eigenvalue weighted by Gasteiger charge is 2.11. The van der Waals surface area contributed by atoms with Crippen molar-refractivity contribution >= 4 is 28.5 Å². The fraction of sp³-hybridized carbons (Fsp3) is 0.200. The quantitative estimate of drug-likeness (QED) is 0.625. The lowest BCUT2D eigenvalue weighted by atomic mass is 9.95. The first kappa shape index (κ1) is 18.3. The lowest BCUT2D eigenvalue weighted by molar-refractivity contribution is -0.117. The first-order chi connectivity index (χ1) is 13.1. The van der Waals surface area contributed by atoms with E-state index in [9.17, 15) is 9.59 Å². The van der Waals surface area contributed by atoms with Gasteiger partial charge in [0.25, 0.3) is 0 Å². The molecule has 3 amide bonds. The maximum Gasteiger partial charge on any atom is 0.320 e. The highest BCUT2D eigenvalue weighted by atomic mass is 16.2. The van der Waals surface area contributed by atoms with E-state index in [-0.39, 0.29) is 18.4 Å². The summed E-state index contributed by atoms with van der Waals surface area (Å²) in [4.78, 5) is 31.4. The van der Waals surface area contributed by atoms with Crippen LogP contribution in [0.5, 0.6) is 0 Å². The monoisotopic (exact) mass is 363 g/mol. The van der Waals surface area contributed by atoms with Crippen molar-refractivity contribution in [3.63, 3.8) is 0 Å². The summed E-state index contributed by atoms with van der Waals surface area (Å²) in [5.41, 5.74) is 8.28. The summed E-state index contributed by atoms with van der Waals surface area (Å²) >= 11 is 0. The van der Waals surface area contributed by atoms with Gasteiger partial charge in [-0.3, -0.25) is 15.1 Å². The first-order valence-electron chi connectivity index (χ1n) is 8.73. The van der Waals surface area contributed by atoms with Gasteiger partial charge in [-0.25, -0.2) is 9.78 Å². The van der Waals surface area contributed by atoms with E-state index in [0.29, 0.717) is 18.8 Å². The molecule has 2 aromatic heterocycles. The summed E-state index contributed by atoms with van der Waals surface area (Å²) in [6.45, 7) is 2.37. The number of carbonyl (C=O) groups is 2. The number of hydrogen-bond acceptors (Lipinski definition) is 4. The van der Waals surface area contributed by atoms with Gasteiger partial charge in [0.15, 0.2) is 0 Å². The molecule has 0 aliphatic heterocycles. The summed E-state index contributed by atoms with van der Waals surface area (Å²) in [6, 6.07) is 9.38. The lowest BCUT2D eigenvalue weighted by Gasteiger charge is -2.13. The number of nitrogens with one attached hydrogen (secondary N) is 2. The predicted molar refractivity (Wildman–Crippen MR) is 105 cm³/mol. The number of pyridine rings is 2. The number of carbonyl (C=O) groups excluding carboxylic acids is 2. The van der Waals surface area contributed by atoms with Gasteiger partial charge in [0.1, 0.15) is 5.82 Å². The van der Waals surface area contributed by atoms with E-state index in [1.165, 1.54) is 0 Å². The number of amides is 3. The highest BCUT2D eigenvalue weighted by Crippen LogP contribution is 2.32. The van der Waals surface area contributed by atoms with Crippen molar-refractivity contribution in [3.8, 4) is 11.1 Å². The molecule has 27 heavy (non-hydrogen) atoms. The fourth-order valence-electron chi connectivity index (χ4n) is 2.95. The van der Waals surface area contributed by atoms with Crippen molar-refractivity contribution in [1.29, 1.82) is 0 Å². The van der Waals surface area contributed by atoms with Gasteiger partial charge in [0.05, 0.1) is 0 Å². The molecule has 0 unspecified atom stereocenters. The molecule has 3 aromatic rings. The van der Waals surface area contributed by atoms with E-state index >= 15 is 0 Å². The third-order valence-corrected chi connectivity index (χ3v) is 4.20. The predicted octanol–water partition coefficient (Wildman–Crippen LogP) is 2.86. The van der Waals surface area contributed by atoms with Gasteiger partial charge in [-0.2, -0.15) is 0 Å². The Morgan fingerprint density at radius 1 is 1.11 bits per heavy atom. The molecule has 0 spiro atoms. The van der Waals surface area contributed by atoms with E-state index in [1.54, 1.807) is 18.6 Å². The van der Waals surface area contributed by atoms with Crippen LogP contribution in [0.1, 0.15) is 18.9 Å². The zero-order chi connectivity index (χ0) is 19.2. The Labute approximate surface area is 157 Å². The number of aryl methyl sites for hydroxylation is 1. The van der Waals surface area contributed by atoms with Gasteiger partial charge in [0, 0.05) is 36.9 Å². The molecule has 2 heterocycles. The number of nitrogens with zero attached hydrogens (tertiary/aromatic N) is 2. The van der Waals surface area contributed by atoms with Crippen LogP contribution < -0.4 is 16.4 Å². The number of benzene rings is 1. The second-order valence-corrected chi connectivity index (χ2v) is 6.07. The lowest BCUT2D eigenvalue weighted by Crippen LogP contribution is -2.28. The van der Waals surface area contributed by atoms with E-state index in [4.69, 9.17) is 5.73 Å². The molecule has 0 aliphatic rings. The number of primary amides is 1. The number of fused-ring (bicyclic) bond motifs is 1. The smallest absolute Gasteiger partial charge is 0.320 e. The van der Waals surface area contributed by atoms with Gasteiger partial charge >= 0.3 is 6.03 Å². The molecular formula is C20H21N5O2. The molecule has 0 saturated heterocycles. The molecular weight excluding hydrogens is 342 g/mol. The van der Waals surface area contributed by atoms with E-state index in [1.807, 2.05) is 37.3 Å². The van der Waals surface area contributed by atoms with Gasteiger partial charge in [-0.1, -0.05) is 12.1 Å². The molecule has 0 fully saturated rings. The minimum absolute atomic E-state index is 0.266. The Morgan fingerprint density at radius 3 is 2.59 bits per heavy atom. The normalized spacial score (nSPS) is 10.6. The number of anilines is 1. The van der Waals surface area contributed by atoms with Gasteiger partial charge in [-0.15, -0.1) is 0 Å². The van der Waals surface area contributed by atoms with Crippen molar-refractivity contribution in [2.45, 2.75) is 19.8 Å². The number of rotatable bonds is 6. The second-order valence-electron chi connectivity index (χ2n) is 6.07. The average molecular weight is 363 g/mol. The van der Waals surface area contributed by atoms with Gasteiger partial charge < -0.3 is 11.1 Å². The molecule has 7 nitrogen and oxygen atoms in total. The molecule has 0 saturated carbocycles. The average Bonchev–Trinajstić information content (AvgIpc) is 2.66. The Balaban J connectivity index is 2.09.